The number of esters is 1. The number of carbonyl (C=O) groups excluding carboxylic acids is 1. The standard InChI is InChI=1S/C32H26N2O5/c1-36-24-12-10-21(11-13-24)16-30(35)38-26-14-15-27-29(18-26)39-32(34)28(19-33)31(27)23-8-5-9-25(17-23)37-20-22-6-3-2-4-7-22/h2-15,17-18,31H,16,20,34H2,1H3. The number of nitrogens with zero attached hydrogens (tertiary/aromatic N) is 1. The van der Waals surface area contributed by atoms with Crippen LogP contribution in [0.25, 0.3) is 0 Å². The molecule has 0 fully saturated rings. The van der Waals surface area contributed by atoms with Gasteiger partial charge < -0.3 is 24.7 Å². The Morgan fingerprint density at radius 2 is 1.67 bits per heavy atom. The van der Waals surface area contributed by atoms with E-state index in [1.54, 1.807) is 37.4 Å². The Kier molecular flexibility index (Phi) is 7.46. The Balaban J connectivity index is 1.36. The van der Waals surface area contributed by atoms with Crippen LogP contribution in [0.1, 0.15) is 28.2 Å². The fraction of sp³-hybridized carbons (Fsp3) is 0.125. The van der Waals surface area contributed by atoms with Gasteiger partial charge in [-0.2, -0.15) is 5.26 Å². The number of methoxy groups -OCH3 is 1. The molecule has 1 unspecified atom stereocenters. The summed E-state index contributed by atoms with van der Waals surface area (Å²) >= 11 is 0. The van der Waals surface area contributed by atoms with Crippen LogP contribution in [0.3, 0.4) is 0 Å². The van der Waals surface area contributed by atoms with Crippen LogP contribution >= 0.6 is 0 Å². The molecular weight excluding hydrogens is 492 g/mol. The molecule has 1 aliphatic rings. The molecule has 1 heterocycles. The molecule has 4 aromatic rings. The maximum atomic E-state index is 12.6. The SMILES string of the molecule is COc1ccc(CC(=O)Oc2ccc3c(c2)OC(N)=C(C#N)C3c2cccc(OCc3ccccc3)c2)cc1. The van der Waals surface area contributed by atoms with Crippen molar-refractivity contribution in [3.8, 4) is 29.1 Å². The highest BCUT2D eigenvalue weighted by Crippen LogP contribution is 2.44. The van der Waals surface area contributed by atoms with Crippen molar-refractivity contribution in [1.82, 2.24) is 0 Å². The topological polar surface area (TPSA) is 104 Å². The molecule has 7 heteroatoms. The fourth-order valence-electron chi connectivity index (χ4n) is 4.44. The third-order valence-corrected chi connectivity index (χ3v) is 6.37. The first-order valence-electron chi connectivity index (χ1n) is 12.4. The lowest BCUT2D eigenvalue weighted by atomic mass is 9.83. The summed E-state index contributed by atoms with van der Waals surface area (Å²) in [4.78, 5) is 12.6. The van der Waals surface area contributed by atoms with Crippen molar-refractivity contribution in [2.45, 2.75) is 18.9 Å². The van der Waals surface area contributed by atoms with Crippen LogP contribution in [0.15, 0.2) is 109 Å². The number of nitrogens with two attached hydrogens (primary N) is 1. The van der Waals surface area contributed by atoms with E-state index in [-0.39, 0.29) is 12.3 Å². The Bertz CT molecular complexity index is 1560. The summed E-state index contributed by atoms with van der Waals surface area (Å²) in [7, 11) is 1.59. The molecule has 7 nitrogen and oxygen atoms in total. The zero-order valence-electron chi connectivity index (χ0n) is 21.3. The number of benzene rings is 4. The van der Waals surface area contributed by atoms with Crippen LogP contribution in [0, 0.1) is 11.3 Å². The largest absolute Gasteiger partial charge is 0.497 e. The van der Waals surface area contributed by atoms with E-state index >= 15 is 0 Å². The number of ether oxygens (including phenoxy) is 4. The Labute approximate surface area is 226 Å². The maximum Gasteiger partial charge on any atom is 0.315 e. The highest BCUT2D eigenvalue weighted by molar-refractivity contribution is 5.75. The van der Waals surface area contributed by atoms with E-state index in [0.29, 0.717) is 35.2 Å². The van der Waals surface area contributed by atoms with E-state index in [9.17, 15) is 10.1 Å². The van der Waals surface area contributed by atoms with E-state index < -0.39 is 11.9 Å². The molecule has 0 aliphatic carbocycles. The van der Waals surface area contributed by atoms with Crippen molar-refractivity contribution >= 4 is 5.97 Å². The van der Waals surface area contributed by atoms with E-state index in [4.69, 9.17) is 24.7 Å². The Morgan fingerprint density at radius 3 is 2.41 bits per heavy atom. The summed E-state index contributed by atoms with van der Waals surface area (Å²) in [6.45, 7) is 0.420. The molecule has 39 heavy (non-hydrogen) atoms. The summed E-state index contributed by atoms with van der Waals surface area (Å²) in [5.41, 5.74) is 9.88. The minimum Gasteiger partial charge on any atom is -0.497 e. The first-order valence-corrected chi connectivity index (χ1v) is 12.4. The van der Waals surface area contributed by atoms with Crippen LogP contribution in [-0.4, -0.2) is 13.1 Å². The van der Waals surface area contributed by atoms with E-state index in [1.165, 1.54) is 0 Å². The van der Waals surface area contributed by atoms with Gasteiger partial charge in [0.25, 0.3) is 0 Å². The Morgan fingerprint density at radius 1 is 0.897 bits per heavy atom. The second kappa shape index (κ2) is 11.4. The number of rotatable bonds is 8. The van der Waals surface area contributed by atoms with Crippen molar-refractivity contribution < 1.29 is 23.7 Å². The summed E-state index contributed by atoms with van der Waals surface area (Å²) in [6.07, 6.45) is 0.0982. The molecule has 0 bridgehead atoms. The number of allylic oxidation sites excluding steroid dienone is 1. The van der Waals surface area contributed by atoms with Crippen LogP contribution in [-0.2, 0) is 17.8 Å². The number of hydrogen-bond donors (Lipinski definition) is 1. The van der Waals surface area contributed by atoms with E-state index in [1.807, 2.05) is 66.7 Å². The number of fused-ring (bicyclic) bond motifs is 1. The molecule has 5 rings (SSSR count). The average molecular weight is 519 g/mol. The predicted octanol–water partition coefficient (Wildman–Crippen LogP) is 5.64. The normalized spacial score (nSPS) is 14.0. The molecule has 1 aliphatic heterocycles. The number of hydrogen-bond acceptors (Lipinski definition) is 7. The average Bonchev–Trinajstić information content (AvgIpc) is 2.96. The smallest absolute Gasteiger partial charge is 0.315 e. The number of nitriles is 1. The molecule has 194 valence electrons. The van der Waals surface area contributed by atoms with Gasteiger partial charge in [-0.15, -0.1) is 0 Å². The van der Waals surface area contributed by atoms with Gasteiger partial charge >= 0.3 is 5.97 Å². The molecular formula is C32H26N2O5. The summed E-state index contributed by atoms with van der Waals surface area (Å²) < 4.78 is 22.5. The molecule has 0 amide bonds. The van der Waals surface area contributed by atoms with Gasteiger partial charge in [0.05, 0.1) is 19.4 Å². The monoisotopic (exact) mass is 518 g/mol. The first kappa shape index (κ1) is 25.4. The van der Waals surface area contributed by atoms with Crippen molar-refractivity contribution in [3.05, 3.63) is 131 Å². The lowest BCUT2D eigenvalue weighted by Gasteiger charge is -2.27. The molecule has 0 saturated heterocycles. The predicted molar refractivity (Wildman–Crippen MR) is 145 cm³/mol. The van der Waals surface area contributed by atoms with Crippen molar-refractivity contribution in [3.63, 3.8) is 0 Å². The minimum absolute atomic E-state index is 0.00677. The van der Waals surface area contributed by atoms with E-state index in [2.05, 4.69) is 6.07 Å². The fourth-order valence-corrected chi connectivity index (χ4v) is 4.44. The van der Waals surface area contributed by atoms with Crippen LogP contribution in [0.5, 0.6) is 23.0 Å². The van der Waals surface area contributed by atoms with Gasteiger partial charge in [0, 0.05) is 11.6 Å². The molecule has 1 atom stereocenters. The number of carbonyl (C=O) groups is 1. The molecule has 0 spiro atoms. The Hall–Kier alpha value is -5.22. The van der Waals surface area contributed by atoms with Gasteiger partial charge in [0.2, 0.25) is 5.88 Å². The maximum absolute atomic E-state index is 12.6. The van der Waals surface area contributed by atoms with Gasteiger partial charge in [-0.1, -0.05) is 60.7 Å². The zero-order chi connectivity index (χ0) is 27.2. The molecule has 0 radical (unpaired) electrons. The third-order valence-electron chi connectivity index (χ3n) is 6.37. The van der Waals surface area contributed by atoms with Gasteiger partial charge in [-0.3, -0.25) is 4.79 Å². The highest BCUT2D eigenvalue weighted by Gasteiger charge is 2.31. The summed E-state index contributed by atoms with van der Waals surface area (Å²) in [6, 6.07) is 31.9. The molecule has 0 aromatic heterocycles. The summed E-state index contributed by atoms with van der Waals surface area (Å²) in [5, 5.41) is 9.91. The lowest BCUT2D eigenvalue weighted by molar-refractivity contribution is -0.133. The van der Waals surface area contributed by atoms with Crippen LogP contribution < -0.4 is 24.7 Å². The first-order chi connectivity index (χ1) is 19.0. The molecule has 0 saturated carbocycles. The van der Waals surface area contributed by atoms with Crippen LogP contribution in [0.2, 0.25) is 0 Å². The zero-order valence-corrected chi connectivity index (χ0v) is 21.3. The highest BCUT2D eigenvalue weighted by atomic mass is 16.5. The second-order valence-corrected chi connectivity index (χ2v) is 8.97. The minimum atomic E-state index is -0.469. The second-order valence-electron chi connectivity index (χ2n) is 8.97. The molecule has 4 aromatic carbocycles. The molecule has 2 N–H and O–H groups in total. The third kappa shape index (κ3) is 5.86. The van der Waals surface area contributed by atoms with Crippen molar-refractivity contribution in [2.24, 2.45) is 5.73 Å². The van der Waals surface area contributed by atoms with Gasteiger partial charge in [-0.05, 0) is 47.0 Å². The van der Waals surface area contributed by atoms with Crippen molar-refractivity contribution in [1.29, 1.82) is 5.26 Å². The van der Waals surface area contributed by atoms with Crippen molar-refractivity contribution in [2.75, 3.05) is 7.11 Å². The van der Waals surface area contributed by atoms with Crippen LogP contribution in [0.4, 0.5) is 0 Å². The summed E-state index contributed by atoms with van der Waals surface area (Å²) in [5.74, 6) is 1.24. The van der Waals surface area contributed by atoms with Gasteiger partial charge in [-0.25, -0.2) is 0 Å². The lowest BCUT2D eigenvalue weighted by Crippen LogP contribution is -2.21. The van der Waals surface area contributed by atoms with Gasteiger partial charge in [0.15, 0.2) is 0 Å². The quantitative estimate of drug-likeness (QED) is 0.238. The van der Waals surface area contributed by atoms with E-state index in [0.717, 1.165) is 22.3 Å². The van der Waals surface area contributed by atoms with Gasteiger partial charge in [0.1, 0.15) is 41.2 Å².